The maximum absolute atomic E-state index is 6.12. The fraction of sp³-hybridized carbons (Fsp3) is 0.462. The van der Waals surface area contributed by atoms with Crippen LogP contribution >= 0.6 is 34.8 Å². The van der Waals surface area contributed by atoms with Gasteiger partial charge in [-0.05, 0) is 31.9 Å². The van der Waals surface area contributed by atoms with E-state index in [1.165, 1.54) is 12.8 Å². The van der Waals surface area contributed by atoms with E-state index in [2.05, 4.69) is 16.5 Å². The Bertz CT molecular complexity index is 614. The molecule has 0 spiro atoms. The Morgan fingerprint density at radius 2 is 1.94 bits per heavy atom. The van der Waals surface area contributed by atoms with Gasteiger partial charge in [-0.25, -0.2) is 4.98 Å². The van der Waals surface area contributed by atoms with Crippen LogP contribution in [0.2, 0.25) is 10.0 Å². The highest BCUT2D eigenvalue weighted by atomic mass is 35.5. The summed E-state index contributed by atoms with van der Waals surface area (Å²) in [5, 5.41) is 1.12. The molecule has 1 aromatic carbocycles. The van der Waals surface area contributed by atoms with Crippen molar-refractivity contribution in [2.45, 2.75) is 31.7 Å². The number of rotatable bonds is 3. The lowest BCUT2D eigenvalue weighted by atomic mass is 10.2. The maximum Gasteiger partial charge on any atom is 0.111 e. The number of hydrogen-bond acceptors (Lipinski definition) is 1. The van der Waals surface area contributed by atoms with Crippen LogP contribution < -0.4 is 0 Å². The fourth-order valence-electron chi connectivity index (χ4n) is 2.38. The summed E-state index contributed by atoms with van der Waals surface area (Å²) < 4.78 is 2.28. The fourth-order valence-corrected chi connectivity index (χ4v) is 2.87. The molecule has 1 aromatic heterocycles. The number of fused-ring (bicyclic) bond motifs is 1. The predicted molar refractivity (Wildman–Crippen MR) is 77.1 cm³/mol. The monoisotopic (exact) mass is 302 g/mol. The van der Waals surface area contributed by atoms with Gasteiger partial charge in [0.15, 0.2) is 0 Å². The minimum Gasteiger partial charge on any atom is -0.322 e. The van der Waals surface area contributed by atoms with Gasteiger partial charge >= 0.3 is 0 Å². The Hall–Kier alpha value is -0.440. The quantitative estimate of drug-likeness (QED) is 0.756. The smallest absolute Gasteiger partial charge is 0.111 e. The van der Waals surface area contributed by atoms with Crippen LogP contribution in [-0.2, 0) is 12.0 Å². The largest absolute Gasteiger partial charge is 0.322 e. The van der Waals surface area contributed by atoms with Gasteiger partial charge in [0.05, 0.1) is 21.1 Å². The second-order valence-corrected chi connectivity index (χ2v) is 6.25. The van der Waals surface area contributed by atoms with Crippen molar-refractivity contribution in [2.75, 3.05) is 5.88 Å². The molecule has 18 heavy (non-hydrogen) atoms. The molecule has 0 amide bonds. The number of aryl methyl sites for hydroxylation is 1. The van der Waals surface area contributed by atoms with Gasteiger partial charge in [0.2, 0.25) is 0 Å². The van der Waals surface area contributed by atoms with Gasteiger partial charge < -0.3 is 4.57 Å². The molecule has 0 saturated heterocycles. The van der Waals surface area contributed by atoms with Crippen molar-refractivity contribution in [2.24, 2.45) is 0 Å². The lowest BCUT2D eigenvalue weighted by Gasteiger charge is -2.16. The molecule has 1 aliphatic rings. The number of benzene rings is 1. The number of nitrogens with zero attached hydrogens (tertiary/aromatic N) is 2. The Morgan fingerprint density at radius 3 is 2.56 bits per heavy atom. The lowest BCUT2D eigenvalue weighted by molar-refractivity contribution is 0.525. The number of hydrogen-bond donors (Lipinski definition) is 0. The minimum atomic E-state index is 0.174. The van der Waals surface area contributed by atoms with Crippen LogP contribution in [0.5, 0.6) is 0 Å². The molecule has 0 unspecified atom stereocenters. The molecule has 1 aliphatic carbocycles. The summed E-state index contributed by atoms with van der Waals surface area (Å²) in [6.45, 7) is 2.24. The van der Waals surface area contributed by atoms with Gasteiger partial charge in [-0.15, -0.1) is 11.6 Å². The van der Waals surface area contributed by atoms with E-state index in [9.17, 15) is 0 Å². The topological polar surface area (TPSA) is 17.8 Å². The molecule has 1 saturated carbocycles. The molecule has 96 valence electrons. The van der Waals surface area contributed by atoms with Crippen molar-refractivity contribution >= 4 is 45.8 Å². The van der Waals surface area contributed by atoms with Crippen molar-refractivity contribution in [3.8, 4) is 0 Å². The van der Waals surface area contributed by atoms with Gasteiger partial charge in [0.1, 0.15) is 5.82 Å². The van der Waals surface area contributed by atoms with E-state index in [1.54, 1.807) is 0 Å². The first-order valence-corrected chi connectivity index (χ1v) is 7.27. The number of halogens is 3. The molecule has 1 heterocycles. The Balaban J connectivity index is 2.27. The zero-order valence-electron chi connectivity index (χ0n) is 10.0. The average molecular weight is 304 g/mol. The predicted octanol–water partition coefficient (Wildman–Crippen LogP) is 4.63. The van der Waals surface area contributed by atoms with Crippen LogP contribution in [0.15, 0.2) is 12.1 Å². The first kappa shape index (κ1) is 12.6. The average Bonchev–Trinajstić information content (AvgIpc) is 2.94. The second kappa shape index (κ2) is 4.29. The molecule has 3 rings (SSSR count). The van der Waals surface area contributed by atoms with Crippen molar-refractivity contribution in [1.82, 2.24) is 9.55 Å². The normalized spacial score (nSPS) is 17.3. The lowest BCUT2D eigenvalue weighted by Crippen LogP contribution is -2.16. The van der Waals surface area contributed by atoms with Crippen molar-refractivity contribution in [1.29, 1.82) is 0 Å². The first-order valence-electron chi connectivity index (χ1n) is 5.98. The molecule has 0 aliphatic heterocycles. The minimum absolute atomic E-state index is 0.174. The summed E-state index contributed by atoms with van der Waals surface area (Å²) >= 11 is 18.0. The zero-order valence-corrected chi connectivity index (χ0v) is 12.3. The van der Waals surface area contributed by atoms with Crippen LogP contribution in [0.3, 0.4) is 0 Å². The Labute approximate surface area is 121 Å². The van der Waals surface area contributed by atoms with Gasteiger partial charge in [-0.2, -0.15) is 0 Å². The maximum atomic E-state index is 6.12. The van der Waals surface area contributed by atoms with Gasteiger partial charge in [-0.3, -0.25) is 0 Å². The summed E-state index contributed by atoms with van der Waals surface area (Å²) in [7, 11) is 0. The van der Waals surface area contributed by atoms with Gasteiger partial charge in [0.25, 0.3) is 0 Å². The standard InChI is InChI=1S/C13H13Cl3N2/c1-13(3-4-13)18-11-7-9(16)8(15)6-10(11)17-12(18)2-5-14/h6-7H,2-5H2,1H3. The van der Waals surface area contributed by atoms with Crippen LogP contribution in [0, 0.1) is 0 Å². The third kappa shape index (κ3) is 1.91. The molecule has 5 heteroatoms. The zero-order chi connectivity index (χ0) is 12.9. The molecule has 0 N–H and O–H groups in total. The van der Waals surface area contributed by atoms with Crippen molar-refractivity contribution in [3.63, 3.8) is 0 Å². The molecule has 2 aromatic rings. The highest BCUT2D eigenvalue weighted by Gasteiger charge is 2.41. The highest BCUT2D eigenvalue weighted by Crippen LogP contribution is 2.46. The van der Waals surface area contributed by atoms with Gasteiger partial charge in [-0.1, -0.05) is 23.2 Å². The Kier molecular flexibility index (Phi) is 3.00. The van der Waals surface area contributed by atoms with E-state index >= 15 is 0 Å². The van der Waals surface area contributed by atoms with E-state index in [4.69, 9.17) is 34.8 Å². The summed E-state index contributed by atoms with van der Waals surface area (Å²) in [5.74, 6) is 1.60. The Morgan fingerprint density at radius 1 is 1.28 bits per heavy atom. The second-order valence-electron chi connectivity index (χ2n) is 5.05. The van der Waals surface area contributed by atoms with Crippen LogP contribution in [0.4, 0.5) is 0 Å². The molecular formula is C13H13Cl3N2. The third-order valence-corrected chi connectivity index (χ3v) is 4.51. The number of imidazole rings is 1. The van der Waals surface area contributed by atoms with E-state index in [-0.39, 0.29) is 5.54 Å². The summed E-state index contributed by atoms with van der Waals surface area (Å²) in [4.78, 5) is 4.65. The van der Waals surface area contributed by atoms with E-state index in [0.717, 1.165) is 23.3 Å². The van der Waals surface area contributed by atoms with E-state index in [1.807, 2.05) is 12.1 Å². The first-order chi connectivity index (χ1) is 8.55. The van der Waals surface area contributed by atoms with Crippen LogP contribution in [-0.4, -0.2) is 15.4 Å². The molecular weight excluding hydrogens is 291 g/mol. The molecule has 0 atom stereocenters. The number of aromatic nitrogens is 2. The summed E-state index contributed by atoms with van der Waals surface area (Å²) in [6, 6.07) is 3.74. The van der Waals surface area contributed by atoms with Gasteiger partial charge in [0, 0.05) is 17.8 Å². The third-order valence-electron chi connectivity index (χ3n) is 3.60. The SMILES string of the molecule is CC1(n2c(CCCl)nc3cc(Cl)c(Cl)cc32)CC1. The molecule has 2 nitrogen and oxygen atoms in total. The van der Waals surface area contributed by atoms with E-state index in [0.29, 0.717) is 15.9 Å². The van der Waals surface area contributed by atoms with E-state index < -0.39 is 0 Å². The van der Waals surface area contributed by atoms with Crippen molar-refractivity contribution in [3.05, 3.63) is 28.0 Å². The van der Waals surface area contributed by atoms with Crippen LogP contribution in [0.1, 0.15) is 25.6 Å². The molecule has 0 bridgehead atoms. The summed E-state index contributed by atoms with van der Waals surface area (Å²) in [5.41, 5.74) is 2.13. The molecule has 0 radical (unpaired) electrons. The summed E-state index contributed by atoms with van der Waals surface area (Å²) in [6.07, 6.45) is 3.11. The van der Waals surface area contributed by atoms with Crippen LogP contribution in [0.25, 0.3) is 11.0 Å². The molecule has 1 fully saturated rings. The van der Waals surface area contributed by atoms with Crippen molar-refractivity contribution < 1.29 is 0 Å². The highest BCUT2D eigenvalue weighted by molar-refractivity contribution is 6.42. The number of alkyl halides is 1.